The maximum Gasteiger partial charge on any atom is 0.294 e. The number of hydrogen-bond acceptors (Lipinski definition) is 12. The largest absolute Gasteiger partial charge is 0.502 e. The molecule has 180 valence electrons. The van der Waals surface area contributed by atoms with Gasteiger partial charge in [0, 0.05) is 11.1 Å². The molecule has 14 heteroatoms. The molecule has 0 atom stereocenters. The first kappa shape index (κ1) is 23.0. The van der Waals surface area contributed by atoms with E-state index >= 15 is 0 Å². The molecule has 0 spiro atoms. The number of aromatic hydroxyl groups is 1. The number of nitrogens with zero attached hydrogens (tertiary/aromatic N) is 6. The van der Waals surface area contributed by atoms with Crippen LogP contribution in [0.3, 0.4) is 0 Å². The minimum Gasteiger partial charge on any atom is -0.502 e. The van der Waals surface area contributed by atoms with Crippen molar-refractivity contribution in [3.63, 3.8) is 0 Å². The molecule has 0 bridgehead atoms. The minimum atomic E-state index is -0.668. The average Bonchev–Trinajstić information content (AvgIpc) is 3.50. The second kappa shape index (κ2) is 9.78. The van der Waals surface area contributed by atoms with E-state index < -0.39 is 5.91 Å². The summed E-state index contributed by atoms with van der Waals surface area (Å²) in [5.74, 6) is 0.0929. The van der Waals surface area contributed by atoms with Crippen LogP contribution in [-0.4, -0.2) is 63.9 Å². The van der Waals surface area contributed by atoms with E-state index in [0.717, 1.165) is 0 Å². The molecule has 2 aromatic carbocycles. The highest BCUT2D eigenvalue weighted by molar-refractivity contribution is 5.99. The number of phenols is 1. The van der Waals surface area contributed by atoms with Crippen molar-refractivity contribution in [3.8, 4) is 40.1 Å². The summed E-state index contributed by atoms with van der Waals surface area (Å²) in [6.07, 6.45) is 1.34. The molecule has 4 aromatic rings. The fraction of sp³-hybridized carbons (Fsp3) is 0.143. The number of rotatable bonds is 8. The van der Waals surface area contributed by atoms with Crippen LogP contribution in [0.4, 0.5) is 5.82 Å². The Morgan fingerprint density at radius 3 is 2.51 bits per heavy atom. The summed E-state index contributed by atoms with van der Waals surface area (Å²) in [5.41, 5.74) is 9.44. The average molecular weight is 480 g/mol. The van der Waals surface area contributed by atoms with E-state index in [0.29, 0.717) is 16.9 Å². The van der Waals surface area contributed by atoms with Crippen LogP contribution in [0.15, 0.2) is 46.1 Å². The molecule has 0 unspecified atom stereocenters. The number of nitrogen functional groups attached to an aromatic ring is 1. The van der Waals surface area contributed by atoms with E-state index in [1.54, 1.807) is 24.3 Å². The third-order valence-corrected chi connectivity index (χ3v) is 4.81. The van der Waals surface area contributed by atoms with Crippen LogP contribution in [0.1, 0.15) is 16.1 Å². The maximum atomic E-state index is 13.0. The van der Waals surface area contributed by atoms with Crippen LogP contribution in [-0.2, 0) is 0 Å². The molecule has 0 fully saturated rings. The second-order valence-electron chi connectivity index (χ2n) is 6.88. The zero-order chi connectivity index (χ0) is 24.9. The predicted octanol–water partition coefficient (Wildman–Crippen LogP) is 1.39. The highest BCUT2D eigenvalue weighted by Gasteiger charge is 2.25. The molecule has 0 saturated heterocycles. The zero-order valence-electron chi connectivity index (χ0n) is 18.8. The molecule has 2 heterocycles. The van der Waals surface area contributed by atoms with Crippen molar-refractivity contribution in [1.29, 1.82) is 0 Å². The number of nitrogens with two attached hydrogens (primary N) is 1. The first-order valence-electron chi connectivity index (χ1n) is 9.93. The number of methoxy groups -OCH3 is 3. The van der Waals surface area contributed by atoms with Gasteiger partial charge in [0.2, 0.25) is 17.4 Å². The van der Waals surface area contributed by atoms with Crippen molar-refractivity contribution in [2.45, 2.75) is 0 Å². The summed E-state index contributed by atoms with van der Waals surface area (Å²) >= 11 is 0. The van der Waals surface area contributed by atoms with Crippen molar-refractivity contribution in [2.75, 3.05) is 27.1 Å². The SMILES string of the molecule is COc1cccc(-c2c(C(=O)N/N=C/c3cc(OC)c(O)c(OC)c3)nnn2-c2nonc2N)c1. The number of hydrogen-bond donors (Lipinski definition) is 3. The van der Waals surface area contributed by atoms with E-state index in [-0.39, 0.29) is 40.3 Å². The summed E-state index contributed by atoms with van der Waals surface area (Å²) in [5, 5.41) is 29.3. The molecule has 2 aromatic heterocycles. The van der Waals surface area contributed by atoms with Gasteiger partial charge in [0.1, 0.15) is 11.4 Å². The van der Waals surface area contributed by atoms with Crippen molar-refractivity contribution in [3.05, 3.63) is 47.7 Å². The topological polar surface area (TPSA) is 185 Å². The van der Waals surface area contributed by atoms with Gasteiger partial charge in [0.15, 0.2) is 17.2 Å². The van der Waals surface area contributed by atoms with Crippen molar-refractivity contribution in [2.24, 2.45) is 5.10 Å². The van der Waals surface area contributed by atoms with Gasteiger partial charge in [-0.2, -0.15) is 9.78 Å². The Morgan fingerprint density at radius 1 is 1.14 bits per heavy atom. The van der Waals surface area contributed by atoms with Gasteiger partial charge in [-0.25, -0.2) is 10.1 Å². The first-order valence-corrected chi connectivity index (χ1v) is 9.93. The van der Waals surface area contributed by atoms with Crippen LogP contribution in [0.2, 0.25) is 0 Å². The number of carbonyl (C=O) groups excluding carboxylic acids is 1. The summed E-state index contributed by atoms with van der Waals surface area (Å²) in [6, 6.07) is 9.94. The maximum absolute atomic E-state index is 13.0. The molecule has 4 rings (SSSR count). The molecule has 14 nitrogen and oxygen atoms in total. The first-order chi connectivity index (χ1) is 17.0. The Bertz CT molecular complexity index is 1370. The third kappa shape index (κ3) is 4.52. The lowest BCUT2D eigenvalue weighted by molar-refractivity contribution is 0.0950. The Hall–Kier alpha value is -5.14. The lowest BCUT2D eigenvalue weighted by Gasteiger charge is -2.09. The van der Waals surface area contributed by atoms with E-state index in [2.05, 4.69) is 35.8 Å². The number of phenolic OH excluding ortho intramolecular Hbond substituents is 1. The van der Waals surface area contributed by atoms with Gasteiger partial charge in [0.05, 0.1) is 27.5 Å². The standard InChI is InChI=1S/C21H20N8O6/c1-32-13-6-4-5-12(9-13)17-16(24-28-29(17)20-19(22)26-35-27-20)21(31)25-23-10-11-7-14(33-2)18(30)15(8-11)34-3/h4-10,30H,1-3H3,(H2,22,26)(H,25,31)/b23-10+. The van der Waals surface area contributed by atoms with Crippen molar-refractivity contribution >= 4 is 17.9 Å². The molecule has 1 amide bonds. The molecule has 0 saturated carbocycles. The Labute approximate surface area is 197 Å². The molecule has 0 aliphatic carbocycles. The van der Waals surface area contributed by atoms with Gasteiger partial charge >= 0.3 is 0 Å². The normalized spacial score (nSPS) is 10.9. The molecule has 4 N–H and O–H groups in total. The fourth-order valence-electron chi connectivity index (χ4n) is 3.16. The number of carbonyl (C=O) groups is 1. The van der Waals surface area contributed by atoms with Crippen LogP contribution in [0, 0.1) is 0 Å². The van der Waals surface area contributed by atoms with E-state index in [4.69, 9.17) is 19.9 Å². The van der Waals surface area contributed by atoms with E-state index in [1.807, 2.05) is 0 Å². The van der Waals surface area contributed by atoms with Crippen LogP contribution in [0.5, 0.6) is 23.0 Å². The monoisotopic (exact) mass is 480 g/mol. The lowest BCUT2D eigenvalue weighted by Crippen LogP contribution is -2.19. The number of nitrogens with one attached hydrogen (secondary N) is 1. The minimum absolute atomic E-state index is 0.0424. The van der Waals surface area contributed by atoms with Crippen LogP contribution in [0.25, 0.3) is 17.1 Å². The summed E-state index contributed by atoms with van der Waals surface area (Å²) in [7, 11) is 4.32. The van der Waals surface area contributed by atoms with Gasteiger partial charge in [-0.1, -0.05) is 17.3 Å². The number of anilines is 1. The van der Waals surface area contributed by atoms with Crippen LogP contribution >= 0.6 is 0 Å². The van der Waals surface area contributed by atoms with Gasteiger partial charge in [-0.3, -0.25) is 4.79 Å². The summed E-state index contributed by atoms with van der Waals surface area (Å²) in [4.78, 5) is 13.0. The number of benzene rings is 2. The molecule has 0 aliphatic rings. The quantitative estimate of drug-likeness (QED) is 0.244. The van der Waals surface area contributed by atoms with Gasteiger partial charge in [-0.05, 0) is 34.6 Å². The molecule has 0 aliphatic heterocycles. The zero-order valence-corrected chi connectivity index (χ0v) is 18.8. The summed E-state index contributed by atoms with van der Waals surface area (Å²) in [6.45, 7) is 0. The molecular formula is C21H20N8O6. The smallest absolute Gasteiger partial charge is 0.294 e. The number of hydrazone groups is 1. The highest BCUT2D eigenvalue weighted by Crippen LogP contribution is 2.36. The van der Waals surface area contributed by atoms with Crippen LogP contribution < -0.4 is 25.4 Å². The highest BCUT2D eigenvalue weighted by atomic mass is 16.6. The van der Waals surface area contributed by atoms with Gasteiger partial charge < -0.3 is 25.1 Å². The predicted molar refractivity (Wildman–Crippen MR) is 122 cm³/mol. The number of ether oxygens (including phenoxy) is 3. The Morgan fingerprint density at radius 2 is 1.89 bits per heavy atom. The van der Waals surface area contributed by atoms with E-state index in [9.17, 15) is 9.90 Å². The van der Waals surface area contributed by atoms with Crippen molar-refractivity contribution in [1.82, 2.24) is 30.7 Å². The van der Waals surface area contributed by atoms with Gasteiger partial charge in [0.25, 0.3) is 5.91 Å². The Balaban J connectivity index is 1.68. The molecule has 35 heavy (non-hydrogen) atoms. The summed E-state index contributed by atoms with van der Waals surface area (Å²) < 4.78 is 21.4. The fourth-order valence-corrected chi connectivity index (χ4v) is 3.16. The molecular weight excluding hydrogens is 460 g/mol. The number of amides is 1. The van der Waals surface area contributed by atoms with E-state index in [1.165, 1.54) is 44.4 Å². The second-order valence-corrected chi connectivity index (χ2v) is 6.88. The Kier molecular flexibility index (Phi) is 6.44. The third-order valence-electron chi connectivity index (χ3n) is 4.81. The lowest BCUT2D eigenvalue weighted by atomic mass is 10.1. The molecule has 0 radical (unpaired) electrons. The van der Waals surface area contributed by atoms with Crippen molar-refractivity contribution < 1.29 is 28.7 Å². The van der Waals surface area contributed by atoms with Gasteiger partial charge in [-0.15, -0.1) is 5.10 Å². The number of aromatic nitrogens is 5.